The molecule has 18 heteroatoms. The van der Waals surface area contributed by atoms with Crippen molar-refractivity contribution in [1.82, 2.24) is 5.32 Å². The number of carboxylic acid groups (broad SMARTS) is 1. The predicted octanol–water partition coefficient (Wildman–Crippen LogP) is 3.38. The van der Waals surface area contributed by atoms with Crippen LogP contribution in [0.4, 0.5) is 0 Å². The highest BCUT2D eigenvalue weighted by Crippen LogP contribution is 2.52. The Bertz CT molecular complexity index is 959. The summed E-state index contributed by atoms with van der Waals surface area (Å²) in [5.74, 6) is -6.94. The summed E-state index contributed by atoms with van der Waals surface area (Å²) in [6, 6.07) is 0.468. The van der Waals surface area contributed by atoms with Gasteiger partial charge in [0.25, 0.3) is 0 Å². The highest BCUT2D eigenvalue weighted by atomic mass is 127. The summed E-state index contributed by atoms with van der Waals surface area (Å²) in [5, 5.41) is 12.4. The molecule has 1 heterocycles. The van der Waals surface area contributed by atoms with Gasteiger partial charge in [-0.2, -0.15) is 0 Å². The molecule has 7 atom stereocenters. The van der Waals surface area contributed by atoms with Crippen molar-refractivity contribution in [1.29, 1.82) is 0 Å². The Balaban J connectivity index is 3.40. The van der Waals surface area contributed by atoms with Gasteiger partial charge in [-0.25, -0.2) is 0 Å². The van der Waals surface area contributed by atoms with Crippen molar-refractivity contribution in [2.75, 3.05) is 47.7 Å². The zero-order valence-electron chi connectivity index (χ0n) is 28.1. The summed E-state index contributed by atoms with van der Waals surface area (Å²) in [6.07, 6.45) is 0.959. The van der Waals surface area contributed by atoms with Crippen LogP contribution in [0.5, 0.6) is 0 Å². The van der Waals surface area contributed by atoms with Gasteiger partial charge >= 0.3 is 35.5 Å². The van der Waals surface area contributed by atoms with E-state index in [0.29, 0.717) is 23.7 Å². The third-order valence-corrected chi connectivity index (χ3v) is 17.6. The van der Waals surface area contributed by atoms with Gasteiger partial charge in [-0.3, -0.25) is 19.2 Å². The molecule has 0 radical (unpaired) electrons. The molecule has 1 saturated heterocycles. The molecule has 2 N–H and O–H groups in total. The maximum absolute atomic E-state index is 13.3. The molecule has 0 aliphatic carbocycles. The van der Waals surface area contributed by atoms with Gasteiger partial charge < -0.3 is 41.7 Å². The van der Waals surface area contributed by atoms with Crippen LogP contribution in [0.25, 0.3) is 0 Å². The first-order valence-electron chi connectivity index (χ1n) is 15.4. The van der Waals surface area contributed by atoms with Gasteiger partial charge in [0, 0.05) is 65.2 Å². The minimum Gasteiger partial charge on any atom is -0.481 e. The van der Waals surface area contributed by atoms with Gasteiger partial charge in [-0.15, -0.1) is 30.8 Å². The Labute approximate surface area is 285 Å². The van der Waals surface area contributed by atoms with E-state index < -0.39 is 75.8 Å². The van der Waals surface area contributed by atoms with E-state index in [9.17, 15) is 24.3 Å². The molecule has 1 amide bonds. The van der Waals surface area contributed by atoms with Crippen molar-refractivity contribution in [3.8, 4) is 0 Å². The van der Waals surface area contributed by atoms with Crippen molar-refractivity contribution >= 4 is 77.1 Å². The summed E-state index contributed by atoms with van der Waals surface area (Å²) >= 11 is 2.17. The van der Waals surface area contributed by atoms with Crippen molar-refractivity contribution in [3.63, 3.8) is 0 Å². The Kier molecular flexibility index (Phi) is 19.0. The average Bonchev–Trinajstić information content (AvgIpc) is 3.25. The van der Waals surface area contributed by atoms with E-state index in [1.807, 2.05) is 27.7 Å². The topological polar surface area (TPSA) is 165 Å². The van der Waals surface area contributed by atoms with Crippen LogP contribution in [0.15, 0.2) is 0 Å². The zero-order valence-corrected chi connectivity index (χ0v) is 33.2. The van der Waals surface area contributed by atoms with Crippen LogP contribution in [0.2, 0.25) is 11.6 Å². The molecule has 1 aliphatic rings. The maximum atomic E-state index is 13.3. The van der Waals surface area contributed by atoms with Gasteiger partial charge in [-0.05, 0) is 45.2 Å². The Morgan fingerprint density at radius 2 is 1.58 bits per heavy atom. The van der Waals surface area contributed by atoms with E-state index in [1.54, 1.807) is 13.8 Å². The molecule has 0 aromatic rings. The third-order valence-electron chi connectivity index (χ3n) is 8.45. The molecule has 1 fully saturated rings. The van der Waals surface area contributed by atoms with Crippen molar-refractivity contribution < 1.29 is 55.6 Å². The van der Waals surface area contributed by atoms with Crippen LogP contribution in [0, 0.1) is 23.7 Å². The molecule has 1 aliphatic heterocycles. The number of amides is 1. The Morgan fingerprint density at radius 1 is 1.04 bits per heavy atom. The fraction of sp³-hybridized carbons (Fsp3) is 0.852. The molecular formula is C27H52BINO12PSi2. The number of nitrogens with one attached hydrogen (secondary N) is 1. The van der Waals surface area contributed by atoms with E-state index in [0.717, 1.165) is 0 Å². The highest BCUT2D eigenvalue weighted by Gasteiger charge is 2.61. The first-order valence-corrected chi connectivity index (χ1v) is 21.9. The van der Waals surface area contributed by atoms with Gasteiger partial charge in [0.05, 0.1) is 17.8 Å². The first-order chi connectivity index (χ1) is 21.3. The normalized spacial score (nSPS) is 20.9. The molecule has 0 aromatic heterocycles. The Morgan fingerprint density at radius 3 is 2.00 bits per heavy atom. The van der Waals surface area contributed by atoms with Crippen LogP contribution in [0.1, 0.15) is 60.8 Å². The average molecular weight is 808 g/mol. The van der Waals surface area contributed by atoms with E-state index in [1.165, 1.54) is 21.3 Å². The van der Waals surface area contributed by atoms with E-state index in [-0.39, 0.29) is 41.2 Å². The second-order valence-electron chi connectivity index (χ2n) is 11.0. The van der Waals surface area contributed by atoms with E-state index in [2.05, 4.69) is 27.7 Å². The number of rotatable bonds is 24. The number of ether oxygens (including phenoxy) is 1. The number of cyclic esters (lactones) is 2. The van der Waals surface area contributed by atoms with Crippen molar-refractivity contribution in [2.45, 2.75) is 77.5 Å². The predicted molar refractivity (Wildman–Crippen MR) is 185 cm³/mol. The molecular weight excluding hydrogens is 755 g/mol. The second kappa shape index (κ2) is 20.1. The number of aliphatic carboxylic acids is 1. The summed E-state index contributed by atoms with van der Waals surface area (Å²) in [5.41, 5.74) is -0.584. The summed E-state index contributed by atoms with van der Waals surface area (Å²) in [4.78, 5) is 53.5. The molecule has 0 aromatic carbocycles. The quantitative estimate of drug-likeness (QED) is 0.0366. The van der Waals surface area contributed by atoms with Gasteiger partial charge in [0.2, 0.25) is 10.8 Å². The van der Waals surface area contributed by atoms with Crippen LogP contribution in [-0.4, -0.2) is 104 Å². The number of halogens is 1. The van der Waals surface area contributed by atoms with Crippen molar-refractivity contribution in [2.24, 2.45) is 23.7 Å². The lowest BCUT2D eigenvalue weighted by Gasteiger charge is -2.42. The molecule has 0 bridgehead atoms. The largest absolute Gasteiger partial charge is 0.505 e. The second-order valence-corrected chi connectivity index (χ2v) is 21.0. The van der Waals surface area contributed by atoms with E-state index >= 15 is 0 Å². The van der Waals surface area contributed by atoms with Crippen LogP contribution in [0.3, 0.4) is 0 Å². The lowest BCUT2D eigenvalue weighted by atomic mass is 9.74. The maximum Gasteiger partial charge on any atom is 0.505 e. The summed E-state index contributed by atoms with van der Waals surface area (Å²) < 4.78 is 39.9. The lowest BCUT2D eigenvalue weighted by molar-refractivity contribution is -0.154. The molecule has 1 rings (SSSR count). The van der Waals surface area contributed by atoms with Crippen LogP contribution < -0.4 is 5.32 Å². The smallest absolute Gasteiger partial charge is 0.481 e. The molecule has 7 unspecified atom stereocenters. The molecule has 0 spiro atoms. The minimum atomic E-state index is -3.48. The summed E-state index contributed by atoms with van der Waals surface area (Å²) in [6.45, 7) is 11.8. The monoisotopic (exact) mass is 807 g/mol. The van der Waals surface area contributed by atoms with Crippen LogP contribution >= 0.6 is 30.8 Å². The van der Waals surface area contributed by atoms with Crippen molar-refractivity contribution in [3.05, 3.63) is 0 Å². The SMILES string of the molecule is CCO[Si](OCC)(OCC)C(CC)C1C(=O)OC(=O)C1CC(C)(PBI)C(C(=O)O)C(C)C(=O)NCCC[Si](OC)(OC)OC. The number of hydrogen-bond donors (Lipinski definition) is 2. The number of carbonyl (C=O) groups is 4. The number of carbonyl (C=O) groups excluding carboxylic acids is 3. The first kappa shape index (κ1) is 42.5. The Hall–Kier alpha value is -0.501. The lowest BCUT2D eigenvalue weighted by Crippen LogP contribution is -2.54. The number of esters is 2. The zero-order chi connectivity index (χ0) is 34.4. The third kappa shape index (κ3) is 10.7. The fourth-order valence-electron chi connectivity index (χ4n) is 6.32. The number of hydrogen-bond acceptors (Lipinski definition) is 11. The molecule has 13 nitrogen and oxygen atoms in total. The van der Waals surface area contributed by atoms with Gasteiger partial charge in [0.1, 0.15) is 0 Å². The van der Waals surface area contributed by atoms with Gasteiger partial charge in [-0.1, -0.05) is 20.8 Å². The minimum absolute atomic E-state index is 0.0350. The number of carboxylic acids is 1. The van der Waals surface area contributed by atoms with E-state index in [4.69, 9.17) is 31.3 Å². The summed E-state index contributed by atoms with van der Waals surface area (Å²) in [7, 11) is -1.69. The van der Waals surface area contributed by atoms with Gasteiger partial charge in [0.15, 0.2) is 0 Å². The molecule has 0 saturated carbocycles. The van der Waals surface area contributed by atoms with Crippen LogP contribution in [-0.2, 0) is 50.5 Å². The molecule has 45 heavy (non-hydrogen) atoms. The highest BCUT2D eigenvalue weighted by molar-refractivity contribution is 14.1. The fourth-order valence-corrected chi connectivity index (χ4v) is 15.3. The molecule has 260 valence electrons. The standard InChI is InChI=1S/C27H52BINO12PSi2/c1-10-20(45(39-11-2,40-12-3)41-13-4)21-19(25(34)42-26(21)35)17-27(6,43-28-29)22(24(32)33)18(5)23(31)30-15-14-16-44(36-7,37-8)38-9/h18-22,28,43H,10-17H2,1-9H3,(H,30,31)(H,32,33).